The van der Waals surface area contributed by atoms with Crippen molar-refractivity contribution in [1.29, 1.82) is 0 Å². The van der Waals surface area contributed by atoms with E-state index in [1.807, 2.05) is 37.3 Å². The molecule has 0 N–H and O–H groups in total. The predicted molar refractivity (Wildman–Crippen MR) is 63.1 cm³/mol. The third kappa shape index (κ3) is 2.06. The van der Waals surface area contributed by atoms with Crippen LogP contribution in [0.25, 0.3) is 11.1 Å². The zero-order chi connectivity index (χ0) is 11.5. The monoisotopic (exact) mass is 216 g/mol. The van der Waals surface area contributed by atoms with E-state index >= 15 is 0 Å². The first-order valence-corrected chi connectivity index (χ1v) is 5.11. The number of rotatable bonds is 2. The van der Waals surface area contributed by atoms with Crippen LogP contribution in [0.3, 0.4) is 0 Å². The van der Waals surface area contributed by atoms with Gasteiger partial charge in [-0.1, -0.05) is 24.3 Å². The van der Waals surface area contributed by atoms with E-state index in [0.29, 0.717) is 5.56 Å². The van der Waals surface area contributed by atoms with Crippen molar-refractivity contribution in [2.24, 2.45) is 0 Å². The molecule has 2 aromatic rings. The van der Waals surface area contributed by atoms with Gasteiger partial charge < -0.3 is 4.74 Å². The zero-order valence-corrected chi connectivity index (χ0v) is 9.33. The molecule has 0 fully saturated rings. The van der Waals surface area contributed by atoms with Crippen LogP contribution in [0.1, 0.15) is 5.56 Å². The van der Waals surface area contributed by atoms with Crippen molar-refractivity contribution in [2.75, 3.05) is 7.11 Å². The van der Waals surface area contributed by atoms with E-state index < -0.39 is 0 Å². The van der Waals surface area contributed by atoms with Gasteiger partial charge in [0.05, 0.1) is 7.11 Å². The summed E-state index contributed by atoms with van der Waals surface area (Å²) in [6.07, 6.45) is 0. The largest absolute Gasteiger partial charge is 0.497 e. The second-order valence-electron chi connectivity index (χ2n) is 3.72. The van der Waals surface area contributed by atoms with E-state index in [-0.39, 0.29) is 5.82 Å². The SMILES string of the molecule is COc1cccc(-c2ccc(C)cc2F)c1. The predicted octanol–water partition coefficient (Wildman–Crippen LogP) is 3.81. The summed E-state index contributed by atoms with van der Waals surface area (Å²) in [5.74, 6) is 0.533. The molecular weight excluding hydrogens is 203 g/mol. The summed E-state index contributed by atoms with van der Waals surface area (Å²) in [6.45, 7) is 1.87. The van der Waals surface area contributed by atoms with Crippen LogP contribution in [-0.4, -0.2) is 7.11 Å². The van der Waals surface area contributed by atoms with Crippen molar-refractivity contribution in [3.8, 4) is 16.9 Å². The molecule has 2 aromatic carbocycles. The summed E-state index contributed by atoms with van der Waals surface area (Å²) < 4.78 is 18.8. The van der Waals surface area contributed by atoms with Gasteiger partial charge in [0, 0.05) is 5.56 Å². The molecule has 0 aliphatic carbocycles. The fourth-order valence-corrected chi connectivity index (χ4v) is 1.64. The minimum Gasteiger partial charge on any atom is -0.497 e. The maximum atomic E-state index is 13.7. The van der Waals surface area contributed by atoms with Gasteiger partial charge in [-0.25, -0.2) is 4.39 Å². The molecule has 2 heteroatoms. The highest BCUT2D eigenvalue weighted by Crippen LogP contribution is 2.26. The minimum atomic E-state index is -0.201. The average molecular weight is 216 g/mol. The van der Waals surface area contributed by atoms with Crippen LogP contribution in [-0.2, 0) is 0 Å². The molecule has 1 nitrogen and oxygen atoms in total. The topological polar surface area (TPSA) is 9.23 Å². The Morgan fingerprint density at radius 1 is 1.06 bits per heavy atom. The maximum Gasteiger partial charge on any atom is 0.131 e. The Bertz CT molecular complexity index is 506. The molecule has 0 aromatic heterocycles. The molecular formula is C14H13FO. The van der Waals surface area contributed by atoms with Crippen LogP contribution < -0.4 is 4.74 Å². The number of methoxy groups -OCH3 is 1. The van der Waals surface area contributed by atoms with E-state index in [0.717, 1.165) is 16.9 Å². The van der Waals surface area contributed by atoms with Gasteiger partial charge in [-0.2, -0.15) is 0 Å². The number of hydrogen-bond donors (Lipinski definition) is 0. The second kappa shape index (κ2) is 4.35. The van der Waals surface area contributed by atoms with Gasteiger partial charge in [0.15, 0.2) is 0 Å². The summed E-state index contributed by atoms with van der Waals surface area (Å²) in [5, 5.41) is 0. The van der Waals surface area contributed by atoms with Crippen LogP contribution in [0.15, 0.2) is 42.5 Å². The van der Waals surface area contributed by atoms with Crippen LogP contribution in [0.4, 0.5) is 4.39 Å². The molecule has 0 spiro atoms. The van der Waals surface area contributed by atoms with Crippen molar-refractivity contribution in [1.82, 2.24) is 0 Å². The molecule has 0 atom stereocenters. The summed E-state index contributed by atoms with van der Waals surface area (Å²) in [7, 11) is 1.60. The summed E-state index contributed by atoms with van der Waals surface area (Å²) in [5.41, 5.74) is 2.35. The highest BCUT2D eigenvalue weighted by atomic mass is 19.1. The average Bonchev–Trinajstić information content (AvgIpc) is 2.29. The Balaban J connectivity index is 2.49. The number of hydrogen-bond acceptors (Lipinski definition) is 1. The van der Waals surface area contributed by atoms with Gasteiger partial charge in [0.1, 0.15) is 11.6 Å². The molecule has 16 heavy (non-hydrogen) atoms. The molecule has 0 unspecified atom stereocenters. The first-order valence-electron chi connectivity index (χ1n) is 5.11. The Morgan fingerprint density at radius 2 is 1.88 bits per heavy atom. The molecule has 0 aliphatic rings. The van der Waals surface area contributed by atoms with Gasteiger partial charge in [0.25, 0.3) is 0 Å². The van der Waals surface area contributed by atoms with Crippen LogP contribution >= 0.6 is 0 Å². The quantitative estimate of drug-likeness (QED) is 0.741. The lowest BCUT2D eigenvalue weighted by atomic mass is 10.0. The Morgan fingerprint density at radius 3 is 2.56 bits per heavy atom. The Kier molecular flexibility index (Phi) is 2.91. The fourth-order valence-electron chi connectivity index (χ4n) is 1.64. The third-order valence-corrected chi connectivity index (χ3v) is 2.51. The van der Waals surface area contributed by atoms with E-state index in [9.17, 15) is 4.39 Å². The normalized spacial score (nSPS) is 10.2. The Labute approximate surface area is 94.5 Å². The van der Waals surface area contributed by atoms with E-state index in [1.54, 1.807) is 13.2 Å². The lowest BCUT2D eigenvalue weighted by molar-refractivity contribution is 0.415. The van der Waals surface area contributed by atoms with Crippen LogP contribution in [0.2, 0.25) is 0 Å². The number of aryl methyl sites for hydroxylation is 1. The van der Waals surface area contributed by atoms with Gasteiger partial charge >= 0.3 is 0 Å². The maximum absolute atomic E-state index is 13.7. The summed E-state index contributed by atoms with van der Waals surface area (Å²) >= 11 is 0. The zero-order valence-electron chi connectivity index (χ0n) is 9.33. The highest BCUT2D eigenvalue weighted by molar-refractivity contribution is 5.66. The van der Waals surface area contributed by atoms with E-state index in [1.165, 1.54) is 6.07 Å². The molecule has 0 bridgehead atoms. The van der Waals surface area contributed by atoms with E-state index in [2.05, 4.69) is 0 Å². The molecule has 0 saturated carbocycles. The van der Waals surface area contributed by atoms with Gasteiger partial charge in [-0.05, 0) is 36.2 Å². The lowest BCUT2D eigenvalue weighted by Crippen LogP contribution is -1.87. The van der Waals surface area contributed by atoms with Crippen LogP contribution in [0, 0.1) is 12.7 Å². The molecule has 0 amide bonds. The molecule has 0 heterocycles. The van der Waals surface area contributed by atoms with Crippen molar-refractivity contribution in [3.05, 3.63) is 53.8 Å². The van der Waals surface area contributed by atoms with Gasteiger partial charge in [-0.3, -0.25) is 0 Å². The molecule has 0 aliphatic heterocycles. The molecule has 82 valence electrons. The summed E-state index contributed by atoms with van der Waals surface area (Å²) in [6, 6.07) is 12.6. The highest BCUT2D eigenvalue weighted by Gasteiger charge is 2.05. The first-order chi connectivity index (χ1) is 7.70. The standard InChI is InChI=1S/C14H13FO/c1-10-6-7-13(14(15)8-10)11-4-3-5-12(9-11)16-2/h3-9H,1-2H3. The molecule has 0 saturated heterocycles. The number of benzene rings is 2. The van der Waals surface area contributed by atoms with Crippen molar-refractivity contribution < 1.29 is 9.13 Å². The first kappa shape index (κ1) is 10.7. The van der Waals surface area contributed by atoms with Gasteiger partial charge in [-0.15, -0.1) is 0 Å². The minimum absolute atomic E-state index is 0.201. The molecule has 2 rings (SSSR count). The number of ether oxygens (including phenoxy) is 1. The smallest absolute Gasteiger partial charge is 0.131 e. The fraction of sp³-hybridized carbons (Fsp3) is 0.143. The van der Waals surface area contributed by atoms with E-state index in [4.69, 9.17) is 4.74 Å². The number of halogens is 1. The second-order valence-corrected chi connectivity index (χ2v) is 3.72. The van der Waals surface area contributed by atoms with Crippen molar-refractivity contribution in [2.45, 2.75) is 6.92 Å². The summed E-state index contributed by atoms with van der Waals surface area (Å²) in [4.78, 5) is 0. The lowest BCUT2D eigenvalue weighted by Gasteiger charge is -2.06. The van der Waals surface area contributed by atoms with Gasteiger partial charge in [0.2, 0.25) is 0 Å². The third-order valence-electron chi connectivity index (χ3n) is 2.51. The van der Waals surface area contributed by atoms with Crippen molar-refractivity contribution in [3.63, 3.8) is 0 Å². The molecule has 0 radical (unpaired) electrons. The van der Waals surface area contributed by atoms with Crippen LogP contribution in [0.5, 0.6) is 5.75 Å². The Hall–Kier alpha value is -1.83. The van der Waals surface area contributed by atoms with Crippen molar-refractivity contribution >= 4 is 0 Å².